The molecule has 18 heavy (non-hydrogen) atoms. The minimum Gasteiger partial charge on any atom is -0.542 e. The maximum Gasteiger partial charge on any atom is 0.273 e. The van der Waals surface area contributed by atoms with E-state index in [1.54, 1.807) is 0 Å². The van der Waals surface area contributed by atoms with Gasteiger partial charge in [-0.25, -0.2) is 13.1 Å². The zero-order valence-corrected chi connectivity index (χ0v) is 11.0. The number of carbonyl (C=O) groups is 1. The van der Waals surface area contributed by atoms with Crippen LogP contribution in [0.3, 0.4) is 0 Å². The summed E-state index contributed by atoms with van der Waals surface area (Å²) in [5.74, 6) is -2.05. The van der Waals surface area contributed by atoms with Crippen LogP contribution >= 0.6 is 0 Å². The number of carbonyl (C=O) groups excluding carboxylic acids is 1. The van der Waals surface area contributed by atoms with Crippen LogP contribution in [0.4, 0.5) is 0 Å². The molecule has 0 fully saturated rings. The molecule has 0 aliphatic rings. The second kappa shape index (κ2) is 5.98. The Morgan fingerprint density at radius 3 is 2.61 bits per heavy atom. The molecule has 0 saturated carbocycles. The largest absolute Gasteiger partial charge is 0.542 e. The molecule has 0 aliphatic heterocycles. The predicted octanol–water partition coefficient (Wildman–Crippen LogP) is -2.54. The molecule has 102 valence electrons. The van der Waals surface area contributed by atoms with Crippen LogP contribution in [0.25, 0.3) is 0 Å². The first-order valence-electron chi connectivity index (χ1n) is 5.43. The molecule has 0 spiro atoms. The fraction of sp³-hybridized carbons (Fsp3) is 0.500. The second-order valence-electron chi connectivity index (χ2n) is 4.11. The molecule has 0 aromatic carbocycles. The number of carboxylic acids is 1. The Kier molecular flexibility index (Phi) is 4.88. The van der Waals surface area contributed by atoms with Gasteiger partial charge in [0, 0.05) is 13.0 Å². The summed E-state index contributed by atoms with van der Waals surface area (Å²) in [7, 11) is 0.143. The van der Waals surface area contributed by atoms with Crippen molar-refractivity contribution in [3.63, 3.8) is 0 Å². The van der Waals surface area contributed by atoms with Gasteiger partial charge in [-0.05, 0) is 12.1 Å². The highest BCUT2D eigenvalue weighted by Gasteiger charge is 2.18. The van der Waals surface area contributed by atoms with Gasteiger partial charge in [0.05, 0.1) is 20.6 Å². The Morgan fingerprint density at radius 2 is 2.11 bits per heavy atom. The standard InChI is InChI=1S/C10H16N2O5S/c1-12(2)7-3-6-11-18(15,16)9-5-4-8(17-9)10(13)14/h4-5,11H,3,6-7H2,1-2H3,(H,13,14). The average molecular weight is 276 g/mol. The molecular weight excluding hydrogens is 260 g/mol. The van der Waals surface area contributed by atoms with Crippen LogP contribution in [-0.4, -0.2) is 41.6 Å². The molecule has 1 rings (SSSR count). The molecule has 0 amide bonds. The molecule has 0 unspecified atom stereocenters. The van der Waals surface area contributed by atoms with Crippen LogP contribution in [0.15, 0.2) is 21.6 Å². The zero-order valence-electron chi connectivity index (χ0n) is 10.2. The van der Waals surface area contributed by atoms with E-state index >= 15 is 0 Å². The number of hydrogen-bond acceptors (Lipinski definition) is 5. The van der Waals surface area contributed by atoms with Crippen LogP contribution < -0.4 is 14.7 Å². The van der Waals surface area contributed by atoms with Gasteiger partial charge in [-0.1, -0.05) is 0 Å². The van der Waals surface area contributed by atoms with Crippen molar-refractivity contribution in [2.45, 2.75) is 11.5 Å². The second-order valence-corrected chi connectivity index (χ2v) is 5.81. The van der Waals surface area contributed by atoms with Gasteiger partial charge in [0.15, 0.2) is 5.76 Å². The third kappa shape index (κ3) is 4.13. The molecule has 1 aromatic heterocycles. The summed E-state index contributed by atoms with van der Waals surface area (Å²) in [6, 6.07) is 2.14. The van der Waals surface area contributed by atoms with Crippen molar-refractivity contribution in [1.82, 2.24) is 4.72 Å². The fourth-order valence-corrected chi connectivity index (χ4v) is 2.30. The summed E-state index contributed by atoms with van der Waals surface area (Å²) in [6.07, 6.45) is 0.676. The Bertz CT molecular complexity index is 506. The fourth-order valence-electron chi connectivity index (χ4n) is 1.29. The van der Waals surface area contributed by atoms with Crippen molar-refractivity contribution in [2.75, 3.05) is 27.2 Å². The summed E-state index contributed by atoms with van der Waals surface area (Å²) in [5.41, 5.74) is 0. The van der Waals surface area contributed by atoms with Crippen molar-refractivity contribution in [2.24, 2.45) is 0 Å². The first-order valence-corrected chi connectivity index (χ1v) is 6.91. The molecule has 8 heteroatoms. The van der Waals surface area contributed by atoms with Crippen molar-refractivity contribution >= 4 is 16.0 Å². The van der Waals surface area contributed by atoms with Crippen molar-refractivity contribution < 1.29 is 27.6 Å². The molecule has 0 atom stereocenters. The van der Waals surface area contributed by atoms with Gasteiger partial charge in [0.25, 0.3) is 10.0 Å². The lowest BCUT2D eigenvalue weighted by Crippen LogP contribution is -3.05. The average Bonchev–Trinajstić information content (AvgIpc) is 2.74. The van der Waals surface area contributed by atoms with E-state index < -0.39 is 26.8 Å². The van der Waals surface area contributed by atoms with Gasteiger partial charge < -0.3 is 19.2 Å². The maximum absolute atomic E-state index is 11.7. The van der Waals surface area contributed by atoms with Gasteiger partial charge in [0.2, 0.25) is 5.09 Å². The molecule has 0 aliphatic carbocycles. The van der Waals surface area contributed by atoms with E-state index in [-0.39, 0.29) is 6.54 Å². The minimum atomic E-state index is -3.79. The summed E-state index contributed by atoms with van der Waals surface area (Å²) in [4.78, 5) is 11.7. The zero-order chi connectivity index (χ0) is 13.8. The number of sulfonamides is 1. The highest BCUT2D eigenvalue weighted by atomic mass is 32.2. The number of furan rings is 1. The highest BCUT2D eigenvalue weighted by molar-refractivity contribution is 7.89. The first kappa shape index (κ1) is 14.7. The molecule has 1 heterocycles. The van der Waals surface area contributed by atoms with Gasteiger partial charge in [-0.15, -0.1) is 0 Å². The van der Waals surface area contributed by atoms with E-state index in [1.165, 1.54) is 4.90 Å². The molecule has 7 nitrogen and oxygen atoms in total. The minimum absolute atomic E-state index is 0.273. The number of rotatable bonds is 7. The Morgan fingerprint density at radius 1 is 1.44 bits per heavy atom. The summed E-state index contributed by atoms with van der Waals surface area (Å²) < 4.78 is 30.4. The Balaban J connectivity index is 2.60. The molecule has 0 bridgehead atoms. The number of hydrogen-bond donors (Lipinski definition) is 2. The predicted molar refractivity (Wildman–Crippen MR) is 60.5 cm³/mol. The van der Waals surface area contributed by atoms with Gasteiger partial charge in [0.1, 0.15) is 5.97 Å². The van der Waals surface area contributed by atoms with Crippen LogP contribution in [0.1, 0.15) is 17.0 Å². The van der Waals surface area contributed by atoms with E-state index in [1.807, 2.05) is 14.1 Å². The van der Waals surface area contributed by atoms with Gasteiger partial charge in [-0.2, -0.15) is 0 Å². The monoisotopic (exact) mass is 276 g/mol. The third-order valence-electron chi connectivity index (χ3n) is 2.19. The summed E-state index contributed by atoms with van der Waals surface area (Å²) in [5, 5.41) is 10.0. The molecular formula is C10H16N2O5S. The van der Waals surface area contributed by atoms with Crippen molar-refractivity contribution in [1.29, 1.82) is 0 Å². The smallest absolute Gasteiger partial charge is 0.273 e. The molecule has 1 aromatic rings. The third-order valence-corrected chi connectivity index (χ3v) is 3.53. The van der Waals surface area contributed by atoms with E-state index in [4.69, 9.17) is 0 Å². The SMILES string of the molecule is C[NH+](C)CCCNS(=O)(=O)c1ccc(C(=O)[O-])o1. The van der Waals surface area contributed by atoms with Crippen LogP contribution in [0.5, 0.6) is 0 Å². The molecule has 0 saturated heterocycles. The van der Waals surface area contributed by atoms with Gasteiger partial charge >= 0.3 is 0 Å². The quantitative estimate of drug-likeness (QED) is 0.534. The molecule has 2 N–H and O–H groups in total. The van der Waals surface area contributed by atoms with Crippen LogP contribution in [0.2, 0.25) is 0 Å². The van der Waals surface area contributed by atoms with Gasteiger partial charge in [-0.3, -0.25) is 0 Å². The Labute approximate surface area is 105 Å². The normalized spacial score (nSPS) is 11.9. The van der Waals surface area contributed by atoms with E-state index in [0.717, 1.165) is 18.7 Å². The number of aromatic carboxylic acids is 1. The van der Waals surface area contributed by atoms with E-state index in [0.29, 0.717) is 6.42 Å². The highest BCUT2D eigenvalue weighted by Crippen LogP contribution is 2.12. The lowest BCUT2D eigenvalue weighted by Gasteiger charge is -2.07. The van der Waals surface area contributed by atoms with Crippen LogP contribution in [0, 0.1) is 0 Å². The Hall–Kier alpha value is -1.38. The van der Waals surface area contributed by atoms with E-state index in [2.05, 4.69) is 9.14 Å². The number of carboxylic acid groups (broad SMARTS) is 1. The summed E-state index contributed by atoms with van der Waals surface area (Å²) >= 11 is 0. The van der Waals surface area contributed by atoms with Crippen molar-refractivity contribution in [3.05, 3.63) is 17.9 Å². The van der Waals surface area contributed by atoms with E-state index in [9.17, 15) is 18.3 Å². The maximum atomic E-state index is 11.7. The number of quaternary nitrogens is 1. The lowest BCUT2D eigenvalue weighted by molar-refractivity contribution is -0.858. The lowest BCUT2D eigenvalue weighted by atomic mass is 10.4. The first-order chi connectivity index (χ1) is 8.33. The van der Waals surface area contributed by atoms with Crippen LogP contribution in [-0.2, 0) is 10.0 Å². The topological polar surface area (TPSA) is 104 Å². The molecule has 0 radical (unpaired) electrons. The van der Waals surface area contributed by atoms with Crippen molar-refractivity contribution in [3.8, 4) is 0 Å². The summed E-state index contributed by atoms with van der Waals surface area (Å²) in [6.45, 7) is 1.10. The number of nitrogens with one attached hydrogen (secondary N) is 2.